The van der Waals surface area contributed by atoms with Crippen LogP contribution in [0.3, 0.4) is 0 Å². The van der Waals surface area contributed by atoms with Crippen molar-refractivity contribution < 1.29 is 24.5 Å². The molecule has 0 saturated carbocycles. The van der Waals surface area contributed by atoms with Crippen molar-refractivity contribution in [3.63, 3.8) is 0 Å². The SMILES string of the molecule is CCOC1C(CCC(C)CCCC(C)CCCC(C)(OC)C(C)CCC(C)C(=O)O)=CC(O)C(C)C1C. The van der Waals surface area contributed by atoms with Crippen molar-refractivity contribution in [1.29, 1.82) is 0 Å². The molecule has 1 aliphatic carbocycles. The number of carboxylic acid groups (broad SMARTS) is 1. The molecule has 9 unspecified atom stereocenters. The minimum atomic E-state index is -0.710. The molecular weight excluding hydrogens is 464 g/mol. The van der Waals surface area contributed by atoms with Crippen LogP contribution in [-0.4, -0.2) is 47.7 Å². The van der Waals surface area contributed by atoms with Crippen molar-refractivity contribution >= 4 is 5.97 Å². The Morgan fingerprint density at radius 1 is 0.973 bits per heavy atom. The highest BCUT2D eigenvalue weighted by atomic mass is 16.5. The van der Waals surface area contributed by atoms with Crippen LogP contribution in [0.15, 0.2) is 11.6 Å². The number of ether oxygens (including phenoxy) is 2. The summed E-state index contributed by atoms with van der Waals surface area (Å²) in [4.78, 5) is 11.1. The van der Waals surface area contributed by atoms with E-state index in [-0.39, 0.29) is 29.6 Å². The summed E-state index contributed by atoms with van der Waals surface area (Å²) in [6.45, 7) is 18.0. The first kappa shape index (κ1) is 34.1. The van der Waals surface area contributed by atoms with Gasteiger partial charge in [-0.15, -0.1) is 0 Å². The Morgan fingerprint density at radius 2 is 1.57 bits per heavy atom. The van der Waals surface area contributed by atoms with Crippen LogP contribution < -0.4 is 0 Å². The third kappa shape index (κ3) is 11.4. The molecule has 218 valence electrons. The van der Waals surface area contributed by atoms with E-state index in [1.165, 1.54) is 31.3 Å². The molecule has 0 heterocycles. The number of carboxylic acids is 1. The summed E-state index contributed by atoms with van der Waals surface area (Å²) in [5.74, 6) is 1.30. The monoisotopic (exact) mass is 524 g/mol. The van der Waals surface area contributed by atoms with Gasteiger partial charge in [0.05, 0.1) is 23.7 Å². The Hall–Kier alpha value is -0.910. The van der Waals surface area contributed by atoms with Gasteiger partial charge in [0.25, 0.3) is 0 Å². The lowest BCUT2D eigenvalue weighted by molar-refractivity contribution is -0.141. The Balaban J connectivity index is 2.36. The van der Waals surface area contributed by atoms with E-state index in [0.717, 1.165) is 38.7 Å². The fraction of sp³-hybridized carbons (Fsp3) is 0.906. The van der Waals surface area contributed by atoms with Crippen LogP contribution in [0.4, 0.5) is 0 Å². The molecule has 0 aromatic carbocycles. The molecule has 1 rings (SSSR count). The summed E-state index contributed by atoms with van der Waals surface area (Å²) in [6, 6.07) is 0. The number of carbonyl (C=O) groups is 1. The van der Waals surface area contributed by atoms with E-state index in [9.17, 15) is 9.90 Å². The van der Waals surface area contributed by atoms with Crippen molar-refractivity contribution in [2.24, 2.45) is 35.5 Å². The zero-order chi connectivity index (χ0) is 28.2. The van der Waals surface area contributed by atoms with Gasteiger partial charge in [-0.3, -0.25) is 4.79 Å². The largest absolute Gasteiger partial charge is 0.481 e. The Bertz CT molecular complexity index is 676. The van der Waals surface area contributed by atoms with Crippen molar-refractivity contribution in [1.82, 2.24) is 0 Å². The molecule has 0 saturated heterocycles. The van der Waals surface area contributed by atoms with Crippen LogP contribution in [0.25, 0.3) is 0 Å². The normalized spacial score (nSPS) is 27.1. The quantitative estimate of drug-likeness (QED) is 0.168. The van der Waals surface area contributed by atoms with Gasteiger partial charge in [-0.05, 0) is 81.1 Å². The van der Waals surface area contributed by atoms with Gasteiger partial charge in [0, 0.05) is 13.7 Å². The fourth-order valence-electron chi connectivity index (χ4n) is 5.85. The average Bonchev–Trinajstić information content (AvgIpc) is 2.86. The number of aliphatic carboxylic acids is 1. The predicted octanol–water partition coefficient (Wildman–Crippen LogP) is 7.90. The first-order valence-corrected chi connectivity index (χ1v) is 15.1. The number of methoxy groups -OCH3 is 1. The Kier molecular flexibility index (Phi) is 15.6. The topological polar surface area (TPSA) is 76.0 Å². The van der Waals surface area contributed by atoms with Crippen LogP contribution in [0.5, 0.6) is 0 Å². The van der Waals surface area contributed by atoms with E-state index < -0.39 is 5.97 Å². The minimum absolute atomic E-state index is 0.150. The maximum absolute atomic E-state index is 11.1. The average molecular weight is 525 g/mol. The van der Waals surface area contributed by atoms with Crippen LogP contribution in [0.2, 0.25) is 0 Å². The minimum Gasteiger partial charge on any atom is -0.481 e. The maximum atomic E-state index is 11.1. The van der Waals surface area contributed by atoms with E-state index in [4.69, 9.17) is 14.6 Å². The summed E-state index contributed by atoms with van der Waals surface area (Å²) < 4.78 is 12.0. The summed E-state index contributed by atoms with van der Waals surface area (Å²) in [5.41, 5.74) is 1.11. The smallest absolute Gasteiger partial charge is 0.306 e. The molecule has 0 radical (unpaired) electrons. The number of hydrogen-bond donors (Lipinski definition) is 2. The predicted molar refractivity (Wildman–Crippen MR) is 154 cm³/mol. The highest BCUT2D eigenvalue weighted by Gasteiger charge is 2.34. The summed E-state index contributed by atoms with van der Waals surface area (Å²) in [6.07, 6.45) is 12.8. The van der Waals surface area contributed by atoms with Gasteiger partial charge in [0.2, 0.25) is 0 Å². The van der Waals surface area contributed by atoms with E-state index >= 15 is 0 Å². The lowest BCUT2D eigenvalue weighted by Gasteiger charge is -2.37. The van der Waals surface area contributed by atoms with Crippen LogP contribution in [-0.2, 0) is 14.3 Å². The van der Waals surface area contributed by atoms with E-state index in [1.807, 2.05) is 0 Å². The second-order valence-electron chi connectivity index (χ2n) is 12.6. The van der Waals surface area contributed by atoms with Crippen LogP contribution in [0, 0.1) is 35.5 Å². The molecule has 0 bridgehead atoms. The van der Waals surface area contributed by atoms with Gasteiger partial charge in [-0.25, -0.2) is 0 Å². The lowest BCUT2D eigenvalue weighted by atomic mass is 9.76. The van der Waals surface area contributed by atoms with Crippen molar-refractivity contribution in [2.75, 3.05) is 13.7 Å². The third-order valence-corrected chi connectivity index (χ3v) is 9.59. The Morgan fingerprint density at radius 3 is 2.14 bits per heavy atom. The van der Waals surface area contributed by atoms with E-state index in [2.05, 4.69) is 54.5 Å². The molecular formula is C32H60O5. The number of aliphatic hydroxyl groups excluding tert-OH is 1. The summed E-state index contributed by atoms with van der Waals surface area (Å²) in [7, 11) is 1.80. The molecule has 0 aliphatic heterocycles. The van der Waals surface area contributed by atoms with Gasteiger partial charge < -0.3 is 19.7 Å². The van der Waals surface area contributed by atoms with Crippen molar-refractivity contribution in [3.8, 4) is 0 Å². The number of rotatable bonds is 19. The van der Waals surface area contributed by atoms with Gasteiger partial charge >= 0.3 is 5.97 Å². The zero-order valence-electron chi connectivity index (χ0n) is 25.6. The molecule has 0 fully saturated rings. The molecule has 37 heavy (non-hydrogen) atoms. The molecule has 0 aromatic heterocycles. The molecule has 5 nitrogen and oxygen atoms in total. The van der Waals surface area contributed by atoms with Crippen LogP contribution >= 0.6 is 0 Å². The third-order valence-electron chi connectivity index (χ3n) is 9.59. The second-order valence-corrected chi connectivity index (χ2v) is 12.6. The number of aliphatic hydroxyl groups is 1. The van der Waals surface area contributed by atoms with Crippen molar-refractivity contribution in [2.45, 2.75) is 137 Å². The molecule has 9 atom stereocenters. The Labute approximate surface area is 228 Å². The molecule has 5 heteroatoms. The fourth-order valence-corrected chi connectivity index (χ4v) is 5.85. The molecule has 1 aliphatic rings. The molecule has 0 spiro atoms. The second kappa shape index (κ2) is 16.9. The van der Waals surface area contributed by atoms with Crippen molar-refractivity contribution in [3.05, 3.63) is 11.6 Å². The first-order valence-electron chi connectivity index (χ1n) is 15.1. The number of hydrogen-bond acceptors (Lipinski definition) is 4. The molecule has 0 amide bonds. The van der Waals surface area contributed by atoms with E-state index in [0.29, 0.717) is 30.1 Å². The first-order chi connectivity index (χ1) is 17.4. The van der Waals surface area contributed by atoms with E-state index in [1.54, 1.807) is 14.0 Å². The molecule has 2 N–H and O–H groups in total. The summed E-state index contributed by atoms with van der Waals surface area (Å²) >= 11 is 0. The lowest BCUT2D eigenvalue weighted by Crippen LogP contribution is -2.39. The molecule has 0 aromatic rings. The van der Waals surface area contributed by atoms with Gasteiger partial charge in [0.1, 0.15) is 0 Å². The highest BCUT2D eigenvalue weighted by molar-refractivity contribution is 5.69. The van der Waals surface area contributed by atoms with Crippen LogP contribution in [0.1, 0.15) is 120 Å². The highest BCUT2D eigenvalue weighted by Crippen LogP contribution is 2.35. The summed E-state index contributed by atoms with van der Waals surface area (Å²) in [5, 5.41) is 19.6. The standard InChI is InChI=1S/C32H60O5/c1-10-37-30-27(7)26(6)29(33)21-28(30)19-16-23(3)14-11-13-22(2)15-12-20-32(8,36-9)25(5)18-17-24(4)31(34)35/h21-27,29-30,33H,10-20H2,1-9H3,(H,34,35). The maximum Gasteiger partial charge on any atom is 0.306 e. The van der Waals surface area contributed by atoms with Gasteiger partial charge in [-0.1, -0.05) is 79.7 Å². The van der Waals surface area contributed by atoms with Gasteiger partial charge in [0.15, 0.2) is 0 Å². The van der Waals surface area contributed by atoms with Gasteiger partial charge in [-0.2, -0.15) is 0 Å². The zero-order valence-corrected chi connectivity index (χ0v) is 25.6.